The molecule has 0 radical (unpaired) electrons. The van der Waals surface area contributed by atoms with Crippen LogP contribution < -0.4 is 10.9 Å². The maximum atomic E-state index is 12.5. The summed E-state index contributed by atoms with van der Waals surface area (Å²) < 4.78 is 8.36. The van der Waals surface area contributed by atoms with E-state index in [0.29, 0.717) is 11.3 Å². The first-order chi connectivity index (χ1) is 12.3. The van der Waals surface area contributed by atoms with Gasteiger partial charge in [0.15, 0.2) is 0 Å². The molecule has 2 heterocycles. The van der Waals surface area contributed by atoms with Gasteiger partial charge in [-0.05, 0) is 33.3 Å². The standard InChI is InChI=1S/C15H20Cl3N3O5S/c1-7-5-27-11-8(19-20-13(24)26-14(2,3)4)10(22)21(11)9(7)12(23)25-6-15(16,17)18/h8,11,19H,5-6H2,1-4H3,(H,20,24)/t8-,11+/m1/s1. The van der Waals surface area contributed by atoms with E-state index in [-0.39, 0.29) is 17.0 Å². The lowest BCUT2D eigenvalue weighted by Gasteiger charge is -2.49. The fourth-order valence-corrected chi connectivity index (χ4v) is 3.87. The number of carbonyl (C=O) groups is 3. The summed E-state index contributed by atoms with van der Waals surface area (Å²) in [5.74, 6) is -0.614. The molecule has 2 atom stereocenters. The van der Waals surface area contributed by atoms with Crippen molar-refractivity contribution in [2.24, 2.45) is 0 Å². The number of esters is 1. The molecule has 8 nitrogen and oxygen atoms in total. The highest BCUT2D eigenvalue weighted by molar-refractivity contribution is 8.00. The Kier molecular flexibility index (Phi) is 6.85. The van der Waals surface area contributed by atoms with Crippen molar-refractivity contribution < 1.29 is 23.9 Å². The normalized spacial score (nSPS) is 22.8. The summed E-state index contributed by atoms with van der Waals surface area (Å²) >= 11 is 18.2. The number of ether oxygens (including phenoxy) is 2. The molecule has 0 spiro atoms. The molecule has 0 aromatic rings. The van der Waals surface area contributed by atoms with E-state index in [0.717, 1.165) is 0 Å². The van der Waals surface area contributed by atoms with Crippen LogP contribution in [-0.4, -0.2) is 56.0 Å². The number of alkyl halides is 3. The number of halogens is 3. The Labute approximate surface area is 176 Å². The molecule has 0 saturated carbocycles. The topological polar surface area (TPSA) is 97.0 Å². The Bertz CT molecular complexity index is 675. The largest absolute Gasteiger partial charge is 0.456 e. The first-order valence-electron chi connectivity index (χ1n) is 7.93. The number of nitrogens with one attached hydrogen (secondary N) is 2. The Morgan fingerprint density at radius 2 is 1.93 bits per heavy atom. The summed E-state index contributed by atoms with van der Waals surface area (Å²) in [4.78, 5) is 37.9. The molecule has 0 aliphatic carbocycles. The number of amides is 2. The third-order valence-electron chi connectivity index (χ3n) is 3.45. The van der Waals surface area contributed by atoms with Gasteiger partial charge in [-0.1, -0.05) is 34.8 Å². The van der Waals surface area contributed by atoms with Gasteiger partial charge in [0.2, 0.25) is 9.70 Å². The summed E-state index contributed by atoms with van der Waals surface area (Å²) in [7, 11) is 0. The van der Waals surface area contributed by atoms with Gasteiger partial charge in [0.05, 0.1) is 0 Å². The van der Waals surface area contributed by atoms with Gasteiger partial charge in [0.1, 0.15) is 29.3 Å². The average molecular weight is 461 g/mol. The number of fused-ring (bicyclic) bond motifs is 1. The zero-order chi connectivity index (χ0) is 20.6. The quantitative estimate of drug-likeness (QED) is 0.288. The summed E-state index contributed by atoms with van der Waals surface area (Å²) in [6.07, 6.45) is -0.705. The highest BCUT2D eigenvalue weighted by Gasteiger charge is 2.53. The van der Waals surface area contributed by atoms with Gasteiger partial charge in [0, 0.05) is 5.75 Å². The van der Waals surface area contributed by atoms with E-state index < -0.39 is 34.1 Å². The molecule has 152 valence electrons. The Morgan fingerprint density at radius 1 is 1.30 bits per heavy atom. The van der Waals surface area contributed by atoms with E-state index in [9.17, 15) is 14.4 Å². The minimum absolute atomic E-state index is 0.133. The average Bonchev–Trinajstić information content (AvgIpc) is 2.50. The molecular weight excluding hydrogens is 441 g/mol. The number of hydrogen-bond acceptors (Lipinski definition) is 7. The van der Waals surface area contributed by atoms with Gasteiger partial charge in [-0.15, -0.1) is 11.8 Å². The summed E-state index contributed by atoms with van der Waals surface area (Å²) in [5, 5.41) is -0.383. The van der Waals surface area contributed by atoms with Crippen LogP contribution in [0.2, 0.25) is 0 Å². The van der Waals surface area contributed by atoms with Gasteiger partial charge in [-0.25, -0.2) is 15.0 Å². The van der Waals surface area contributed by atoms with Crippen molar-refractivity contribution in [1.29, 1.82) is 0 Å². The smallest absolute Gasteiger partial charge is 0.422 e. The van der Waals surface area contributed by atoms with Crippen LogP contribution in [0.4, 0.5) is 4.79 Å². The predicted octanol–water partition coefficient (Wildman–Crippen LogP) is 2.49. The fourth-order valence-electron chi connectivity index (χ4n) is 2.42. The number of hydrogen-bond donors (Lipinski definition) is 2. The summed E-state index contributed by atoms with van der Waals surface area (Å²) in [5.41, 5.74) is 5.14. The molecule has 2 N–H and O–H groups in total. The second-order valence-corrected chi connectivity index (χ2v) is 10.6. The Hall–Kier alpha value is -0.870. The molecule has 0 bridgehead atoms. The minimum Gasteiger partial charge on any atom is -0.456 e. The van der Waals surface area contributed by atoms with Crippen LogP contribution in [0.1, 0.15) is 27.7 Å². The van der Waals surface area contributed by atoms with E-state index in [2.05, 4.69) is 10.9 Å². The zero-order valence-corrected chi connectivity index (χ0v) is 18.2. The van der Waals surface area contributed by atoms with E-state index >= 15 is 0 Å². The molecule has 0 aromatic heterocycles. The van der Waals surface area contributed by atoms with Crippen LogP contribution in [0.3, 0.4) is 0 Å². The SMILES string of the molecule is CC1=C(C(=O)OCC(Cl)(Cl)Cl)N2C(=O)[C@@H](NNC(=O)OC(C)(C)C)[C@@H]2SC1. The molecule has 27 heavy (non-hydrogen) atoms. The number of β-lactam (4-membered cyclic amide) rings is 1. The Morgan fingerprint density at radius 3 is 2.48 bits per heavy atom. The number of hydrazine groups is 1. The first-order valence-corrected chi connectivity index (χ1v) is 10.1. The van der Waals surface area contributed by atoms with Crippen molar-refractivity contribution in [3.8, 4) is 0 Å². The molecule has 2 amide bonds. The third kappa shape index (κ3) is 5.80. The lowest BCUT2D eigenvalue weighted by atomic mass is 10.0. The van der Waals surface area contributed by atoms with E-state index in [1.807, 2.05) is 0 Å². The molecule has 0 unspecified atom stereocenters. The maximum Gasteiger partial charge on any atom is 0.422 e. The van der Waals surface area contributed by atoms with Crippen LogP contribution in [0.15, 0.2) is 11.3 Å². The molecule has 2 aliphatic rings. The van der Waals surface area contributed by atoms with E-state index in [1.54, 1.807) is 27.7 Å². The number of nitrogens with zero attached hydrogens (tertiary/aromatic N) is 1. The van der Waals surface area contributed by atoms with Crippen molar-refractivity contribution in [2.75, 3.05) is 12.4 Å². The van der Waals surface area contributed by atoms with E-state index in [1.165, 1.54) is 16.7 Å². The van der Waals surface area contributed by atoms with Gasteiger partial charge in [0.25, 0.3) is 0 Å². The molecule has 12 heteroatoms. The van der Waals surface area contributed by atoms with Crippen LogP contribution >= 0.6 is 46.6 Å². The monoisotopic (exact) mass is 459 g/mol. The lowest BCUT2D eigenvalue weighted by Crippen LogP contribution is -2.72. The van der Waals surface area contributed by atoms with Crippen LogP contribution in [-0.2, 0) is 19.1 Å². The second-order valence-electron chi connectivity index (χ2n) is 6.98. The second kappa shape index (κ2) is 8.24. The van der Waals surface area contributed by atoms with Crippen molar-refractivity contribution >= 4 is 64.5 Å². The number of thioether (sulfide) groups is 1. The molecule has 1 fully saturated rings. The predicted molar refractivity (Wildman–Crippen MR) is 103 cm³/mol. The number of carbonyl (C=O) groups excluding carboxylic acids is 3. The van der Waals surface area contributed by atoms with Crippen molar-refractivity contribution in [2.45, 2.75) is 48.5 Å². The fraction of sp³-hybridized carbons (Fsp3) is 0.667. The highest BCUT2D eigenvalue weighted by atomic mass is 35.6. The van der Waals surface area contributed by atoms with Gasteiger partial charge < -0.3 is 9.47 Å². The van der Waals surface area contributed by atoms with Crippen LogP contribution in [0.25, 0.3) is 0 Å². The van der Waals surface area contributed by atoms with Gasteiger partial charge in [-0.3, -0.25) is 15.1 Å². The summed E-state index contributed by atoms with van der Waals surface area (Å²) in [6, 6.07) is -0.702. The Balaban J connectivity index is 1.99. The molecule has 2 rings (SSSR count). The van der Waals surface area contributed by atoms with Crippen molar-refractivity contribution in [3.05, 3.63) is 11.3 Å². The molecule has 0 aromatic carbocycles. The minimum atomic E-state index is -1.74. The van der Waals surface area contributed by atoms with Gasteiger partial charge >= 0.3 is 12.1 Å². The van der Waals surface area contributed by atoms with Crippen molar-refractivity contribution in [3.63, 3.8) is 0 Å². The molecular formula is C15H20Cl3N3O5S. The number of rotatable bonds is 4. The van der Waals surface area contributed by atoms with Gasteiger partial charge in [-0.2, -0.15) is 0 Å². The third-order valence-corrected chi connectivity index (χ3v) is 5.20. The van der Waals surface area contributed by atoms with Crippen molar-refractivity contribution in [1.82, 2.24) is 15.8 Å². The highest BCUT2D eigenvalue weighted by Crippen LogP contribution is 2.40. The molecule has 2 aliphatic heterocycles. The summed E-state index contributed by atoms with van der Waals surface area (Å²) in [6.45, 7) is 6.46. The maximum absolute atomic E-state index is 12.5. The van der Waals surface area contributed by atoms with E-state index in [4.69, 9.17) is 44.3 Å². The zero-order valence-electron chi connectivity index (χ0n) is 15.1. The first kappa shape index (κ1) is 22.4. The lowest BCUT2D eigenvalue weighted by molar-refractivity contribution is -0.152. The van der Waals surface area contributed by atoms with Crippen LogP contribution in [0, 0.1) is 0 Å². The van der Waals surface area contributed by atoms with Crippen LogP contribution in [0.5, 0.6) is 0 Å². The molecule has 1 saturated heterocycles.